The van der Waals surface area contributed by atoms with Gasteiger partial charge in [-0.05, 0) is 11.8 Å². The largest absolute Gasteiger partial charge is 0.341 e. The van der Waals surface area contributed by atoms with Crippen LogP contribution in [0.2, 0.25) is 0 Å². The molecule has 0 heterocycles. The Morgan fingerprint density at radius 2 is 0.870 bits per heavy atom. The highest BCUT2D eigenvalue weighted by atomic mass is 32.2. The molecule has 23 heavy (non-hydrogen) atoms. The molecular formula is C18H22O4S. The summed E-state index contributed by atoms with van der Waals surface area (Å²) in [4.78, 5) is 0. The fourth-order valence-corrected chi connectivity index (χ4v) is 3.58. The Morgan fingerprint density at radius 1 is 0.565 bits per heavy atom. The number of benzene rings is 2. The molecule has 2 aromatic carbocycles. The molecule has 0 aliphatic heterocycles. The van der Waals surface area contributed by atoms with E-state index in [4.69, 9.17) is 18.9 Å². The number of hydrogen-bond donors (Lipinski definition) is 0. The summed E-state index contributed by atoms with van der Waals surface area (Å²) >= 11 is 1.30. The first kappa shape index (κ1) is 18.0. The van der Waals surface area contributed by atoms with Gasteiger partial charge in [0.2, 0.25) is 0 Å². The Bertz CT molecular complexity index is 527. The van der Waals surface area contributed by atoms with Crippen molar-refractivity contribution in [3.8, 4) is 0 Å². The zero-order valence-electron chi connectivity index (χ0n) is 13.8. The van der Waals surface area contributed by atoms with E-state index in [-0.39, 0.29) is 0 Å². The number of rotatable bonds is 8. The molecule has 0 saturated heterocycles. The van der Waals surface area contributed by atoms with Crippen LogP contribution in [0.25, 0.3) is 0 Å². The van der Waals surface area contributed by atoms with E-state index in [1.807, 2.05) is 60.7 Å². The molecule has 0 bridgehead atoms. The molecule has 0 saturated carbocycles. The van der Waals surface area contributed by atoms with Crippen LogP contribution < -0.4 is 0 Å². The topological polar surface area (TPSA) is 36.9 Å². The molecule has 0 fully saturated rings. The van der Waals surface area contributed by atoms with Gasteiger partial charge in [0.15, 0.2) is 0 Å². The summed E-state index contributed by atoms with van der Waals surface area (Å²) in [6, 6.07) is 19.4. The number of methoxy groups -OCH3 is 4. The standard InChI is InChI=1S/C18H22O4S/c1-19-17(20-2,15-11-7-5-8-12-15)23-18(21-3,22-4)16-13-9-6-10-14-16/h5-14H,1-4H3. The molecule has 0 N–H and O–H groups in total. The summed E-state index contributed by atoms with van der Waals surface area (Å²) in [5.74, 6) is 0. The van der Waals surface area contributed by atoms with Crippen LogP contribution in [0.4, 0.5) is 0 Å². The van der Waals surface area contributed by atoms with Crippen LogP contribution in [-0.2, 0) is 29.2 Å². The van der Waals surface area contributed by atoms with E-state index in [2.05, 4.69) is 0 Å². The maximum absolute atomic E-state index is 5.73. The summed E-state index contributed by atoms with van der Waals surface area (Å²) in [7, 11) is 6.41. The normalized spacial score (nSPS) is 12.3. The maximum atomic E-state index is 5.73. The summed E-state index contributed by atoms with van der Waals surface area (Å²) in [6.07, 6.45) is 0. The highest BCUT2D eigenvalue weighted by Gasteiger charge is 2.46. The van der Waals surface area contributed by atoms with Crippen molar-refractivity contribution in [3.63, 3.8) is 0 Å². The van der Waals surface area contributed by atoms with Crippen molar-refractivity contribution < 1.29 is 18.9 Å². The third-order valence-corrected chi connectivity index (χ3v) is 5.27. The minimum atomic E-state index is -1.07. The summed E-state index contributed by atoms with van der Waals surface area (Å²) in [5, 5.41) is -2.13. The average molecular weight is 334 g/mol. The molecule has 0 aliphatic rings. The van der Waals surface area contributed by atoms with E-state index < -0.39 is 10.2 Å². The summed E-state index contributed by atoms with van der Waals surface area (Å²) in [6.45, 7) is 0. The van der Waals surface area contributed by atoms with Gasteiger partial charge in [-0.25, -0.2) is 0 Å². The first-order chi connectivity index (χ1) is 11.2. The van der Waals surface area contributed by atoms with E-state index in [0.29, 0.717) is 0 Å². The minimum absolute atomic E-state index is 0.865. The molecule has 0 aromatic heterocycles. The Morgan fingerprint density at radius 3 is 1.13 bits per heavy atom. The lowest BCUT2D eigenvalue weighted by Gasteiger charge is -2.39. The molecule has 0 unspecified atom stereocenters. The molecule has 0 spiro atoms. The van der Waals surface area contributed by atoms with Crippen LogP contribution in [-0.4, -0.2) is 28.4 Å². The fourth-order valence-electron chi connectivity index (χ4n) is 2.38. The zero-order valence-corrected chi connectivity index (χ0v) is 14.6. The minimum Gasteiger partial charge on any atom is -0.341 e. The quantitative estimate of drug-likeness (QED) is 0.684. The molecular weight excluding hydrogens is 312 g/mol. The van der Waals surface area contributed by atoms with Crippen molar-refractivity contribution in [2.45, 2.75) is 10.2 Å². The number of ether oxygens (including phenoxy) is 4. The van der Waals surface area contributed by atoms with Gasteiger partial charge in [0, 0.05) is 39.6 Å². The van der Waals surface area contributed by atoms with Crippen molar-refractivity contribution in [1.82, 2.24) is 0 Å². The molecule has 0 atom stereocenters. The predicted octanol–water partition coefficient (Wildman–Crippen LogP) is 3.93. The number of thioether (sulfide) groups is 1. The Balaban J connectivity index is 2.48. The second-order valence-electron chi connectivity index (χ2n) is 4.76. The fraction of sp³-hybridized carbons (Fsp3) is 0.333. The third kappa shape index (κ3) is 3.59. The van der Waals surface area contributed by atoms with Gasteiger partial charge in [-0.3, -0.25) is 0 Å². The molecule has 2 aromatic rings. The molecule has 4 nitrogen and oxygen atoms in total. The molecule has 0 amide bonds. The second kappa shape index (κ2) is 7.95. The smallest absolute Gasteiger partial charge is 0.250 e. The van der Waals surface area contributed by atoms with Crippen molar-refractivity contribution in [1.29, 1.82) is 0 Å². The van der Waals surface area contributed by atoms with Gasteiger partial charge in [0.1, 0.15) is 0 Å². The Hall–Kier alpha value is -1.37. The van der Waals surface area contributed by atoms with Gasteiger partial charge in [-0.2, -0.15) is 0 Å². The van der Waals surface area contributed by atoms with Gasteiger partial charge in [-0.15, -0.1) is 0 Å². The Kier molecular flexibility index (Phi) is 6.21. The van der Waals surface area contributed by atoms with Gasteiger partial charge in [-0.1, -0.05) is 60.7 Å². The lowest BCUT2D eigenvalue weighted by atomic mass is 10.2. The predicted molar refractivity (Wildman–Crippen MR) is 91.9 cm³/mol. The van der Waals surface area contributed by atoms with Crippen molar-refractivity contribution in [2.75, 3.05) is 28.4 Å². The molecule has 124 valence electrons. The summed E-state index contributed by atoms with van der Waals surface area (Å²) in [5.41, 5.74) is 1.73. The highest BCUT2D eigenvalue weighted by Crippen LogP contribution is 2.51. The first-order valence-electron chi connectivity index (χ1n) is 7.18. The molecule has 2 rings (SSSR count). The van der Waals surface area contributed by atoms with Crippen molar-refractivity contribution in [3.05, 3.63) is 71.8 Å². The van der Waals surface area contributed by atoms with E-state index in [1.54, 1.807) is 28.4 Å². The van der Waals surface area contributed by atoms with E-state index in [0.717, 1.165) is 11.1 Å². The SMILES string of the molecule is COC(OC)(SC(OC)(OC)c1ccccc1)c1ccccc1. The van der Waals surface area contributed by atoms with Crippen LogP contribution in [0.1, 0.15) is 11.1 Å². The highest BCUT2D eigenvalue weighted by molar-refractivity contribution is 8.00. The van der Waals surface area contributed by atoms with Crippen LogP contribution in [0.5, 0.6) is 0 Å². The monoisotopic (exact) mass is 334 g/mol. The third-order valence-electron chi connectivity index (χ3n) is 3.60. The van der Waals surface area contributed by atoms with Gasteiger partial charge >= 0.3 is 0 Å². The average Bonchev–Trinajstić information content (AvgIpc) is 2.65. The van der Waals surface area contributed by atoms with Crippen LogP contribution >= 0.6 is 11.8 Å². The van der Waals surface area contributed by atoms with Crippen LogP contribution in [0.3, 0.4) is 0 Å². The van der Waals surface area contributed by atoms with Crippen molar-refractivity contribution >= 4 is 11.8 Å². The lowest BCUT2D eigenvalue weighted by Crippen LogP contribution is -2.37. The molecule has 0 aliphatic carbocycles. The lowest BCUT2D eigenvalue weighted by molar-refractivity contribution is -0.171. The van der Waals surface area contributed by atoms with E-state index >= 15 is 0 Å². The van der Waals surface area contributed by atoms with Gasteiger partial charge in [0.25, 0.3) is 10.2 Å². The van der Waals surface area contributed by atoms with Crippen molar-refractivity contribution in [2.24, 2.45) is 0 Å². The maximum Gasteiger partial charge on any atom is 0.250 e. The Labute approximate surface area is 141 Å². The zero-order chi connectivity index (χ0) is 16.8. The first-order valence-corrected chi connectivity index (χ1v) is 8.00. The van der Waals surface area contributed by atoms with E-state index in [9.17, 15) is 0 Å². The number of hydrogen-bond acceptors (Lipinski definition) is 5. The van der Waals surface area contributed by atoms with Crippen LogP contribution in [0.15, 0.2) is 60.7 Å². The molecule has 5 heteroatoms. The molecule has 0 radical (unpaired) electrons. The van der Waals surface area contributed by atoms with Crippen LogP contribution in [0, 0.1) is 0 Å². The van der Waals surface area contributed by atoms with E-state index in [1.165, 1.54) is 11.8 Å². The van der Waals surface area contributed by atoms with Gasteiger partial charge < -0.3 is 18.9 Å². The summed E-state index contributed by atoms with van der Waals surface area (Å²) < 4.78 is 22.9. The second-order valence-corrected chi connectivity index (χ2v) is 6.04. The van der Waals surface area contributed by atoms with Gasteiger partial charge in [0.05, 0.1) is 0 Å².